The van der Waals surface area contributed by atoms with Gasteiger partial charge in [0.2, 0.25) is 5.60 Å². The summed E-state index contributed by atoms with van der Waals surface area (Å²) in [6.45, 7) is 1.70. The van der Waals surface area contributed by atoms with Gasteiger partial charge in [0.15, 0.2) is 0 Å². The minimum atomic E-state index is -5.03. The Balaban J connectivity index is 1.96. The number of nitrogens with zero attached hydrogens (tertiary/aromatic N) is 3. The van der Waals surface area contributed by atoms with Gasteiger partial charge in [0.05, 0.1) is 17.5 Å². The van der Waals surface area contributed by atoms with E-state index in [1.165, 1.54) is 29.1 Å². The SMILES string of the molecule is CCCS(=O)(=O)n1ncc2cc(C(O)(c3cn(C)c4ccccc34)C(F)(F)F)ccc21. The average Bonchev–Trinajstić information content (AvgIpc) is 3.28. The van der Waals surface area contributed by atoms with Crippen molar-refractivity contribution in [1.29, 1.82) is 0 Å². The molecule has 1 atom stereocenters. The summed E-state index contributed by atoms with van der Waals surface area (Å²) in [6, 6.07) is 9.97. The Morgan fingerprint density at radius 3 is 2.48 bits per heavy atom. The highest BCUT2D eigenvalue weighted by Crippen LogP contribution is 2.47. The van der Waals surface area contributed by atoms with Gasteiger partial charge in [-0.15, -0.1) is 0 Å². The summed E-state index contributed by atoms with van der Waals surface area (Å²) in [7, 11) is -2.12. The fourth-order valence-electron chi connectivity index (χ4n) is 3.90. The second-order valence-corrected chi connectivity index (χ2v) is 9.37. The molecule has 0 aliphatic rings. The minimum Gasteiger partial charge on any atom is -0.372 e. The smallest absolute Gasteiger partial charge is 0.372 e. The van der Waals surface area contributed by atoms with Gasteiger partial charge in [-0.25, -0.2) is 8.42 Å². The molecule has 2 aromatic heterocycles. The van der Waals surface area contributed by atoms with Gasteiger partial charge in [-0.05, 0) is 30.2 Å². The predicted octanol–water partition coefficient (Wildman–Crippen LogP) is 3.91. The largest absolute Gasteiger partial charge is 0.425 e. The molecule has 1 N–H and O–H groups in total. The lowest BCUT2D eigenvalue weighted by atomic mass is 9.85. The van der Waals surface area contributed by atoms with Crippen LogP contribution in [-0.2, 0) is 22.7 Å². The molecule has 0 fully saturated rings. The van der Waals surface area contributed by atoms with Crippen LogP contribution in [0.25, 0.3) is 21.8 Å². The number of aromatic nitrogens is 3. The summed E-state index contributed by atoms with van der Waals surface area (Å²) >= 11 is 0. The molecule has 0 spiro atoms. The second kappa shape index (κ2) is 7.10. The van der Waals surface area contributed by atoms with Crippen molar-refractivity contribution in [2.24, 2.45) is 7.05 Å². The van der Waals surface area contributed by atoms with Crippen molar-refractivity contribution in [3.8, 4) is 0 Å². The standard InChI is InChI=1S/C21H20F3N3O3S/c1-3-10-31(29,30)27-18-9-8-15(11-14(18)12-25-27)20(28,21(22,23)24)17-13-26(2)19-7-5-4-6-16(17)19/h4-9,11-13,28H,3,10H2,1-2H3. The number of aryl methyl sites for hydroxylation is 1. The Labute approximate surface area is 176 Å². The molecule has 4 aromatic rings. The number of rotatable bonds is 5. The lowest BCUT2D eigenvalue weighted by Gasteiger charge is -2.31. The van der Waals surface area contributed by atoms with Gasteiger partial charge < -0.3 is 9.67 Å². The van der Waals surface area contributed by atoms with Crippen molar-refractivity contribution < 1.29 is 26.7 Å². The van der Waals surface area contributed by atoms with Gasteiger partial charge in [0, 0.05) is 35.1 Å². The Bertz CT molecular complexity index is 1390. The zero-order chi connectivity index (χ0) is 22.6. The van der Waals surface area contributed by atoms with Crippen LogP contribution in [0.2, 0.25) is 0 Å². The summed E-state index contributed by atoms with van der Waals surface area (Å²) in [5, 5.41) is 15.4. The van der Waals surface area contributed by atoms with Crippen molar-refractivity contribution in [3.05, 3.63) is 66.0 Å². The molecule has 0 radical (unpaired) electrons. The lowest BCUT2D eigenvalue weighted by molar-refractivity contribution is -0.247. The molecule has 10 heteroatoms. The minimum absolute atomic E-state index is 0.145. The summed E-state index contributed by atoms with van der Waals surface area (Å²) in [5.74, 6) is -0.145. The van der Waals surface area contributed by atoms with E-state index in [1.54, 1.807) is 32.2 Å². The molecule has 0 aliphatic carbocycles. The molecule has 0 amide bonds. The number of hydrogen-bond acceptors (Lipinski definition) is 4. The lowest BCUT2D eigenvalue weighted by Crippen LogP contribution is -2.43. The predicted molar refractivity (Wildman–Crippen MR) is 111 cm³/mol. The summed E-state index contributed by atoms with van der Waals surface area (Å²) in [4.78, 5) is 0. The Kier molecular flexibility index (Phi) is 4.90. The Hall–Kier alpha value is -2.85. The maximum Gasteiger partial charge on any atom is 0.425 e. The van der Waals surface area contributed by atoms with Crippen LogP contribution in [0.4, 0.5) is 13.2 Å². The van der Waals surface area contributed by atoms with E-state index in [-0.39, 0.29) is 27.6 Å². The molecule has 31 heavy (non-hydrogen) atoms. The molecule has 4 rings (SSSR count). The zero-order valence-electron chi connectivity index (χ0n) is 16.8. The number of hydrogen-bond donors (Lipinski definition) is 1. The first-order chi connectivity index (χ1) is 14.5. The monoisotopic (exact) mass is 451 g/mol. The second-order valence-electron chi connectivity index (χ2n) is 7.46. The van der Waals surface area contributed by atoms with Gasteiger partial charge in [0.1, 0.15) is 0 Å². The summed E-state index contributed by atoms with van der Waals surface area (Å²) in [6.07, 6.45) is -2.21. The van der Waals surface area contributed by atoms with E-state index < -0.39 is 27.4 Å². The molecule has 0 bridgehead atoms. The van der Waals surface area contributed by atoms with Crippen molar-refractivity contribution in [3.63, 3.8) is 0 Å². The summed E-state index contributed by atoms with van der Waals surface area (Å²) in [5.41, 5.74) is -3.33. The van der Waals surface area contributed by atoms with Crippen LogP contribution in [-0.4, -0.2) is 39.2 Å². The number of aliphatic hydroxyl groups is 1. The normalized spacial score (nSPS) is 14.9. The van der Waals surface area contributed by atoms with Crippen LogP contribution in [0.5, 0.6) is 0 Å². The number of para-hydroxylation sites is 1. The van der Waals surface area contributed by atoms with Crippen molar-refractivity contribution in [2.45, 2.75) is 25.1 Å². The fourth-order valence-corrected chi connectivity index (χ4v) is 5.25. The molecule has 6 nitrogen and oxygen atoms in total. The third-order valence-electron chi connectivity index (χ3n) is 5.38. The Morgan fingerprint density at radius 2 is 1.81 bits per heavy atom. The van der Waals surface area contributed by atoms with Crippen LogP contribution < -0.4 is 0 Å². The van der Waals surface area contributed by atoms with Gasteiger partial charge in [-0.1, -0.05) is 31.2 Å². The van der Waals surface area contributed by atoms with Crippen LogP contribution in [0.1, 0.15) is 24.5 Å². The van der Waals surface area contributed by atoms with Crippen LogP contribution in [0.15, 0.2) is 54.9 Å². The van der Waals surface area contributed by atoms with E-state index in [0.29, 0.717) is 11.9 Å². The molecule has 1 unspecified atom stereocenters. The highest BCUT2D eigenvalue weighted by Gasteiger charge is 2.57. The number of halogens is 3. The first kappa shape index (κ1) is 21.4. The Morgan fingerprint density at radius 1 is 1.10 bits per heavy atom. The maximum absolute atomic E-state index is 14.3. The molecule has 0 saturated heterocycles. The van der Waals surface area contributed by atoms with E-state index in [9.17, 15) is 26.7 Å². The highest BCUT2D eigenvalue weighted by atomic mass is 32.2. The van der Waals surface area contributed by atoms with Crippen molar-refractivity contribution in [1.82, 2.24) is 13.8 Å². The third kappa shape index (κ3) is 3.21. The van der Waals surface area contributed by atoms with Crippen LogP contribution >= 0.6 is 0 Å². The van der Waals surface area contributed by atoms with Crippen LogP contribution in [0, 0.1) is 0 Å². The van der Waals surface area contributed by atoms with Gasteiger partial charge in [0.25, 0.3) is 10.0 Å². The van der Waals surface area contributed by atoms with Gasteiger partial charge in [-0.2, -0.15) is 22.4 Å². The van der Waals surface area contributed by atoms with Gasteiger partial charge >= 0.3 is 6.18 Å². The molecule has 0 saturated carbocycles. The average molecular weight is 451 g/mol. The topological polar surface area (TPSA) is 77.1 Å². The molecule has 0 aliphatic heterocycles. The zero-order valence-corrected chi connectivity index (χ0v) is 17.6. The van der Waals surface area contributed by atoms with Crippen molar-refractivity contribution >= 4 is 31.8 Å². The van der Waals surface area contributed by atoms with E-state index in [4.69, 9.17) is 0 Å². The maximum atomic E-state index is 14.3. The number of fused-ring (bicyclic) bond motifs is 2. The first-order valence-corrected chi connectivity index (χ1v) is 11.2. The molecule has 2 aromatic carbocycles. The molecular formula is C21H20F3N3O3S. The van der Waals surface area contributed by atoms with E-state index in [1.807, 2.05) is 0 Å². The number of benzene rings is 2. The third-order valence-corrected chi connectivity index (χ3v) is 7.12. The van der Waals surface area contributed by atoms with E-state index in [2.05, 4.69) is 5.10 Å². The van der Waals surface area contributed by atoms with Crippen LogP contribution in [0.3, 0.4) is 0 Å². The van der Waals surface area contributed by atoms with E-state index >= 15 is 0 Å². The van der Waals surface area contributed by atoms with Crippen molar-refractivity contribution in [2.75, 3.05) is 5.75 Å². The van der Waals surface area contributed by atoms with Gasteiger partial charge in [-0.3, -0.25) is 0 Å². The quantitative estimate of drug-likeness (QED) is 0.499. The summed E-state index contributed by atoms with van der Waals surface area (Å²) < 4.78 is 70.1. The molecular weight excluding hydrogens is 431 g/mol. The molecule has 2 heterocycles. The highest BCUT2D eigenvalue weighted by molar-refractivity contribution is 7.89. The fraction of sp³-hybridized carbons (Fsp3) is 0.286. The number of alkyl halides is 3. The molecule has 164 valence electrons. The van der Waals surface area contributed by atoms with E-state index in [0.717, 1.165) is 16.2 Å². The first-order valence-electron chi connectivity index (χ1n) is 9.56.